The van der Waals surface area contributed by atoms with Crippen LogP contribution in [-0.4, -0.2) is 21.0 Å². The molecule has 3 rings (SSSR count). The zero-order valence-corrected chi connectivity index (χ0v) is 12.9. The van der Waals surface area contributed by atoms with Crippen molar-refractivity contribution in [2.75, 3.05) is 5.32 Å². The van der Waals surface area contributed by atoms with Crippen molar-refractivity contribution in [3.63, 3.8) is 0 Å². The molecule has 0 aliphatic rings. The molecule has 116 valence electrons. The first kappa shape index (κ1) is 14.8. The van der Waals surface area contributed by atoms with Crippen molar-refractivity contribution in [3.8, 4) is 16.9 Å². The molecule has 2 amide bonds. The smallest absolute Gasteiger partial charge is 0.317 e. The number of nitrogens with two attached hydrogens (primary N) is 1. The second-order valence-electron chi connectivity index (χ2n) is 5.26. The van der Waals surface area contributed by atoms with Gasteiger partial charge in [0.05, 0.1) is 5.69 Å². The van der Waals surface area contributed by atoms with Crippen molar-refractivity contribution in [1.82, 2.24) is 15.0 Å². The molecule has 3 N–H and O–H groups in total. The van der Waals surface area contributed by atoms with Gasteiger partial charge in [0, 0.05) is 5.56 Å². The Labute approximate surface area is 133 Å². The minimum absolute atomic E-state index is 0.338. The van der Waals surface area contributed by atoms with E-state index in [1.54, 1.807) is 0 Å². The molecule has 3 aromatic rings. The van der Waals surface area contributed by atoms with Gasteiger partial charge in [-0.15, -0.1) is 15.0 Å². The highest BCUT2D eigenvalue weighted by molar-refractivity contribution is 5.90. The Hall–Kier alpha value is -3.15. The molecule has 0 aliphatic carbocycles. The average molecular weight is 307 g/mol. The largest absolute Gasteiger partial charge is 0.351 e. The Morgan fingerprint density at radius 2 is 1.78 bits per heavy atom. The lowest BCUT2D eigenvalue weighted by atomic mass is 10.1. The van der Waals surface area contributed by atoms with Crippen molar-refractivity contribution >= 4 is 11.8 Å². The van der Waals surface area contributed by atoms with Crippen molar-refractivity contribution in [3.05, 3.63) is 59.7 Å². The maximum Gasteiger partial charge on any atom is 0.317 e. The van der Waals surface area contributed by atoms with Crippen LogP contribution in [0.25, 0.3) is 16.9 Å². The molecular formula is C17H17N5O. The summed E-state index contributed by atoms with van der Waals surface area (Å²) in [4.78, 5) is 12.8. The van der Waals surface area contributed by atoms with Gasteiger partial charge in [0.1, 0.15) is 5.69 Å². The number of amides is 2. The van der Waals surface area contributed by atoms with E-state index in [-0.39, 0.29) is 0 Å². The molecule has 0 unspecified atom stereocenters. The minimum atomic E-state index is -0.671. The number of urea groups is 1. The van der Waals surface area contributed by atoms with Crippen LogP contribution in [0.1, 0.15) is 11.1 Å². The minimum Gasteiger partial charge on any atom is -0.351 e. The topological polar surface area (TPSA) is 85.8 Å². The SMILES string of the molecule is Cc1cccc(-n2nc(NC(N)=O)c(-c3ccccc3)n2)c1C. The number of carbonyl (C=O) groups is 1. The molecule has 0 aliphatic heterocycles. The number of aryl methyl sites for hydroxylation is 1. The molecular weight excluding hydrogens is 290 g/mol. The monoisotopic (exact) mass is 307 g/mol. The number of nitrogens with zero attached hydrogens (tertiary/aromatic N) is 3. The first-order valence-corrected chi connectivity index (χ1v) is 7.22. The highest BCUT2D eigenvalue weighted by atomic mass is 16.2. The third-order valence-corrected chi connectivity index (χ3v) is 3.69. The van der Waals surface area contributed by atoms with Gasteiger partial charge in [0.2, 0.25) is 0 Å². The van der Waals surface area contributed by atoms with Gasteiger partial charge in [-0.2, -0.15) is 0 Å². The average Bonchev–Trinajstić information content (AvgIpc) is 2.93. The summed E-state index contributed by atoms with van der Waals surface area (Å²) in [6, 6.07) is 14.8. The Morgan fingerprint density at radius 3 is 2.48 bits per heavy atom. The molecule has 0 atom stereocenters. The predicted molar refractivity (Wildman–Crippen MR) is 89.5 cm³/mol. The van der Waals surface area contributed by atoms with E-state index < -0.39 is 6.03 Å². The number of aromatic nitrogens is 3. The first-order chi connectivity index (χ1) is 11.1. The van der Waals surface area contributed by atoms with E-state index in [2.05, 4.69) is 15.5 Å². The molecule has 0 spiro atoms. The zero-order chi connectivity index (χ0) is 16.4. The van der Waals surface area contributed by atoms with Crippen LogP contribution in [0.15, 0.2) is 48.5 Å². The quantitative estimate of drug-likeness (QED) is 0.779. The summed E-state index contributed by atoms with van der Waals surface area (Å²) in [5.74, 6) is 0.338. The third-order valence-electron chi connectivity index (χ3n) is 3.69. The molecule has 1 heterocycles. The molecule has 0 bridgehead atoms. The Balaban J connectivity index is 2.15. The number of primary amides is 1. The molecule has 0 saturated carbocycles. The number of carbonyl (C=O) groups excluding carboxylic acids is 1. The summed E-state index contributed by atoms with van der Waals surface area (Å²) in [5.41, 5.74) is 9.76. The van der Waals surface area contributed by atoms with Gasteiger partial charge in [-0.3, -0.25) is 5.32 Å². The zero-order valence-electron chi connectivity index (χ0n) is 12.9. The first-order valence-electron chi connectivity index (χ1n) is 7.22. The Bertz CT molecular complexity index is 855. The predicted octanol–water partition coefficient (Wildman–Crippen LogP) is 3.04. The molecule has 0 fully saturated rings. The van der Waals surface area contributed by atoms with E-state index in [0.717, 1.165) is 22.4 Å². The molecule has 1 aromatic heterocycles. The summed E-state index contributed by atoms with van der Waals surface area (Å²) in [6.07, 6.45) is 0. The number of hydrogen-bond donors (Lipinski definition) is 2. The van der Waals surface area contributed by atoms with Crippen LogP contribution in [-0.2, 0) is 0 Å². The fourth-order valence-corrected chi connectivity index (χ4v) is 2.36. The van der Waals surface area contributed by atoms with Crippen LogP contribution in [0.4, 0.5) is 10.6 Å². The summed E-state index contributed by atoms with van der Waals surface area (Å²) >= 11 is 0. The fourth-order valence-electron chi connectivity index (χ4n) is 2.36. The van der Waals surface area contributed by atoms with E-state index in [4.69, 9.17) is 5.73 Å². The van der Waals surface area contributed by atoms with Crippen LogP contribution < -0.4 is 11.1 Å². The van der Waals surface area contributed by atoms with Gasteiger partial charge in [-0.1, -0.05) is 42.5 Å². The Morgan fingerprint density at radius 1 is 1.04 bits per heavy atom. The van der Waals surface area contributed by atoms with Crippen LogP contribution in [0.3, 0.4) is 0 Å². The van der Waals surface area contributed by atoms with E-state index in [0.29, 0.717) is 11.5 Å². The standard InChI is InChI=1S/C17H17N5O/c1-11-7-6-10-14(12(11)2)22-20-15(13-8-4-3-5-9-13)16(21-22)19-17(18)23/h3-10H,1-2H3,(H3,18,19,21,23). The molecule has 23 heavy (non-hydrogen) atoms. The molecule has 6 heteroatoms. The summed E-state index contributed by atoms with van der Waals surface area (Å²) < 4.78 is 0. The van der Waals surface area contributed by atoms with Crippen molar-refractivity contribution in [1.29, 1.82) is 0 Å². The van der Waals surface area contributed by atoms with Gasteiger partial charge < -0.3 is 5.73 Å². The lowest BCUT2D eigenvalue weighted by Gasteiger charge is -2.06. The van der Waals surface area contributed by atoms with Crippen LogP contribution >= 0.6 is 0 Å². The second-order valence-corrected chi connectivity index (χ2v) is 5.26. The lowest BCUT2D eigenvalue weighted by Crippen LogP contribution is -2.20. The van der Waals surface area contributed by atoms with Gasteiger partial charge in [-0.05, 0) is 31.0 Å². The van der Waals surface area contributed by atoms with E-state index in [1.165, 1.54) is 4.80 Å². The number of anilines is 1. The highest BCUT2D eigenvalue weighted by Gasteiger charge is 2.16. The van der Waals surface area contributed by atoms with Crippen LogP contribution in [0.5, 0.6) is 0 Å². The van der Waals surface area contributed by atoms with Crippen molar-refractivity contribution in [2.24, 2.45) is 5.73 Å². The van der Waals surface area contributed by atoms with Gasteiger partial charge in [-0.25, -0.2) is 4.79 Å². The van der Waals surface area contributed by atoms with Crippen molar-refractivity contribution < 1.29 is 4.79 Å². The van der Waals surface area contributed by atoms with Crippen LogP contribution in [0.2, 0.25) is 0 Å². The summed E-state index contributed by atoms with van der Waals surface area (Å²) in [5, 5.41) is 11.5. The normalized spacial score (nSPS) is 10.5. The summed E-state index contributed by atoms with van der Waals surface area (Å²) in [6.45, 7) is 4.04. The van der Waals surface area contributed by atoms with Crippen LogP contribution in [0, 0.1) is 13.8 Å². The molecule has 0 radical (unpaired) electrons. The van der Waals surface area contributed by atoms with E-state index in [1.807, 2.05) is 62.4 Å². The van der Waals surface area contributed by atoms with E-state index in [9.17, 15) is 4.79 Å². The molecule has 2 aromatic carbocycles. The number of rotatable bonds is 3. The molecule has 6 nitrogen and oxygen atoms in total. The van der Waals surface area contributed by atoms with Gasteiger partial charge >= 0.3 is 6.03 Å². The number of benzene rings is 2. The lowest BCUT2D eigenvalue weighted by molar-refractivity contribution is 0.259. The van der Waals surface area contributed by atoms with Crippen molar-refractivity contribution in [2.45, 2.75) is 13.8 Å². The third kappa shape index (κ3) is 2.91. The number of nitrogens with one attached hydrogen (secondary N) is 1. The highest BCUT2D eigenvalue weighted by Crippen LogP contribution is 2.26. The molecule has 0 saturated heterocycles. The Kier molecular flexibility index (Phi) is 3.80. The van der Waals surface area contributed by atoms with E-state index >= 15 is 0 Å². The maximum atomic E-state index is 11.3. The van der Waals surface area contributed by atoms with Gasteiger partial charge in [0.15, 0.2) is 5.82 Å². The second kappa shape index (κ2) is 5.92. The number of hydrogen-bond acceptors (Lipinski definition) is 3. The van der Waals surface area contributed by atoms with Gasteiger partial charge in [0.25, 0.3) is 0 Å². The fraction of sp³-hybridized carbons (Fsp3) is 0.118. The summed E-state index contributed by atoms with van der Waals surface area (Å²) in [7, 11) is 0. The maximum absolute atomic E-state index is 11.3.